The van der Waals surface area contributed by atoms with E-state index in [1.54, 1.807) is 4.68 Å². The van der Waals surface area contributed by atoms with Gasteiger partial charge in [0.1, 0.15) is 4.90 Å². The van der Waals surface area contributed by atoms with Crippen LogP contribution in [0.4, 0.5) is 5.82 Å². The Balaban J connectivity index is 2.26. The summed E-state index contributed by atoms with van der Waals surface area (Å²) in [5.41, 5.74) is 7.14. The summed E-state index contributed by atoms with van der Waals surface area (Å²) in [6.45, 7) is 9.80. The van der Waals surface area contributed by atoms with Crippen molar-refractivity contribution in [1.29, 1.82) is 0 Å². The molecule has 2 rings (SSSR count). The summed E-state index contributed by atoms with van der Waals surface area (Å²) in [5.74, 6) is 0.0717. The van der Waals surface area contributed by atoms with Gasteiger partial charge in [0.15, 0.2) is 5.82 Å². The van der Waals surface area contributed by atoms with Crippen LogP contribution in [0.3, 0.4) is 0 Å². The van der Waals surface area contributed by atoms with Gasteiger partial charge in [-0.2, -0.15) is 9.40 Å². The van der Waals surface area contributed by atoms with Gasteiger partial charge in [-0.1, -0.05) is 32.4 Å². The summed E-state index contributed by atoms with van der Waals surface area (Å²) < 4.78 is 28.3. The van der Waals surface area contributed by atoms with E-state index in [2.05, 4.69) is 25.9 Å². The van der Waals surface area contributed by atoms with Crippen LogP contribution in [0, 0.1) is 5.41 Å². The molecule has 0 atom stereocenters. The Kier molecular flexibility index (Phi) is 4.17. The highest BCUT2D eigenvalue weighted by Crippen LogP contribution is 2.32. The Labute approximate surface area is 126 Å². The van der Waals surface area contributed by atoms with Gasteiger partial charge in [-0.3, -0.25) is 4.68 Å². The Hall–Kier alpha value is -1.34. The number of nitrogens with two attached hydrogens (primary N) is 1. The molecule has 0 aromatic carbocycles. The molecule has 0 spiro atoms. The van der Waals surface area contributed by atoms with Crippen molar-refractivity contribution < 1.29 is 8.42 Å². The number of nitrogens with zero attached hydrogens (tertiary/aromatic N) is 3. The minimum Gasteiger partial charge on any atom is -0.381 e. The van der Waals surface area contributed by atoms with E-state index in [1.165, 1.54) is 16.1 Å². The molecule has 1 aliphatic heterocycles. The SMILES string of the molecule is CCn1cc(S(=O)(=O)N2CC=C(C(C)(C)C)CC2)c(N)n1. The Bertz CT molecular complexity index is 653. The van der Waals surface area contributed by atoms with Gasteiger partial charge in [0.25, 0.3) is 0 Å². The van der Waals surface area contributed by atoms with Gasteiger partial charge in [0.05, 0.1) is 0 Å². The lowest BCUT2D eigenvalue weighted by Crippen LogP contribution is -2.36. The van der Waals surface area contributed by atoms with E-state index in [0.717, 1.165) is 6.42 Å². The maximum atomic E-state index is 12.7. The highest BCUT2D eigenvalue weighted by molar-refractivity contribution is 7.89. The molecule has 0 radical (unpaired) electrons. The summed E-state index contributed by atoms with van der Waals surface area (Å²) in [6, 6.07) is 0. The first-order valence-electron chi connectivity index (χ1n) is 7.19. The minimum absolute atomic E-state index is 0.0717. The van der Waals surface area contributed by atoms with Crippen molar-refractivity contribution >= 4 is 15.8 Å². The Morgan fingerprint density at radius 3 is 2.48 bits per heavy atom. The second-order valence-corrected chi connectivity index (χ2v) is 8.23. The lowest BCUT2D eigenvalue weighted by atomic mass is 9.83. The molecule has 6 nitrogen and oxygen atoms in total. The van der Waals surface area contributed by atoms with E-state index in [4.69, 9.17) is 5.73 Å². The zero-order valence-corrected chi connectivity index (χ0v) is 13.9. The van der Waals surface area contributed by atoms with E-state index in [-0.39, 0.29) is 16.1 Å². The fraction of sp³-hybridized carbons (Fsp3) is 0.643. The van der Waals surface area contributed by atoms with Crippen molar-refractivity contribution in [3.63, 3.8) is 0 Å². The van der Waals surface area contributed by atoms with E-state index < -0.39 is 10.0 Å². The van der Waals surface area contributed by atoms with Crippen molar-refractivity contribution in [2.75, 3.05) is 18.8 Å². The van der Waals surface area contributed by atoms with Gasteiger partial charge < -0.3 is 5.73 Å². The molecule has 7 heteroatoms. The normalized spacial score (nSPS) is 17.8. The summed E-state index contributed by atoms with van der Waals surface area (Å²) in [5, 5.41) is 4.02. The molecule has 0 saturated carbocycles. The van der Waals surface area contributed by atoms with Crippen LogP contribution in [0.25, 0.3) is 0 Å². The first kappa shape index (κ1) is 16.0. The van der Waals surface area contributed by atoms with Crippen molar-refractivity contribution in [3.05, 3.63) is 17.8 Å². The topological polar surface area (TPSA) is 81.2 Å². The molecule has 0 fully saturated rings. The number of sulfonamides is 1. The van der Waals surface area contributed by atoms with Crippen LogP contribution in [-0.4, -0.2) is 35.6 Å². The molecular weight excluding hydrogens is 288 g/mol. The highest BCUT2D eigenvalue weighted by atomic mass is 32.2. The van der Waals surface area contributed by atoms with Crippen LogP contribution in [0.15, 0.2) is 22.7 Å². The smallest absolute Gasteiger partial charge is 0.248 e. The number of hydrogen-bond acceptors (Lipinski definition) is 4. The van der Waals surface area contributed by atoms with Crippen molar-refractivity contribution in [1.82, 2.24) is 14.1 Å². The van der Waals surface area contributed by atoms with Crippen LogP contribution in [-0.2, 0) is 16.6 Å². The first-order chi connectivity index (χ1) is 9.66. The average Bonchev–Trinajstić information content (AvgIpc) is 2.80. The number of aryl methyl sites for hydroxylation is 1. The highest BCUT2D eigenvalue weighted by Gasteiger charge is 2.31. The van der Waals surface area contributed by atoms with Crippen molar-refractivity contribution in [2.45, 2.75) is 45.6 Å². The summed E-state index contributed by atoms with van der Waals surface area (Å²) in [4.78, 5) is 0.108. The molecule has 1 aliphatic rings. The maximum Gasteiger partial charge on any atom is 0.248 e. The van der Waals surface area contributed by atoms with Gasteiger partial charge in [0.2, 0.25) is 10.0 Å². The molecule has 0 saturated heterocycles. The summed E-state index contributed by atoms with van der Waals surface area (Å²) in [6.07, 6.45) is 4.28. The Morgan fingerprint density at radius 2 is 2.05 bits per heavy atom. The molecule has 21 heavy (non-hydrogen) atoms. The largest absolute Gasteiger partial charge is 0.381 e. The zero-order chi connectivity index (χ0) is 15.8. The van der Waals surface area contributed by atoms with Gasteiger partial charge in [-0.25, -0.2) is 8.42 Å². The van der Waals surface area contributed by atoms with Gasteiger partial charge >= 0.3 is 0 Å². The number of aromatic nitrogens is 2. The number of anilines is 1. The van der Waals surface area contributed by atoms with E-state index in [0.29, 0.717) is 19.6 Å². The summed E-state index contributed by atoms with van der Waals surface area (Å²) >= 11 is 0. The van der Waals surface area contributed by atoms with E-state index in [1.807, 2.05) is 13.0 Å². The van der Waals surface area contributed by atoms with Crippen LogP contribution in [0.5, 0.6) is 0 Å². The third kappa shape index (κ3) is 3.13. The number of nitrogen functional groups attached to an aromatic ring is 1. The van der Waals surface area contributed by atoms with Gasteiger partial charge in [-0.15, -0.1) is 0 Å². The molecule has 2 N–H and O–H groups in total. The van der Waals surface area contributed by atoms with Crippen LogP contribution < -0.4 is 5.73 Å². The van der Waals surface area contributed by atoms with Crippen LogP contribution in [0.1, 0.15) is 34.1 Å². The molecular formula is C14H24N4O2S. The third-order valence-corrected chi connectivity index (χ3v) is 5.71. The third-order valence-electron chi connectivity index (χ3n) is 3.83. The number of rotatable bonds is 3. The molecule has 0 bridgehead atoms. The average molecular weight is 312 g/mol. The monoisotopic (exact) mass is 312 g/mol. The second kappa shape index (κ2) is 5.46. The molecule has 1 aromatic heterocycles. The van der Waals surface area contributed by atoms with E-state index >= 15 is 0 Å². The lowest BCUT2D eigenvalue weighted by molar-refractivity contribution is 0.389. The molecule has 0 amide bonds. The Morgan fingerprint density at radius 1 is 1.38 bits per heavy atom. The molecule has 1 aromatic rings. The minimum atomic E-state index is -3.57. The van der Waals surface area contributed by atoms with Crippen LogP contribution >= 0.6 is 0 Å². The fourth-order valence-corrected chi connectivity index (χ4v) is 3.91. The van der Waals surface area contributed by atoms with Gasteiger partial charge in [-0.05, 0) is 18.8 Å². The zero-order valence-electron chi connectivity index (χ0n) is 13.1. The van der Waals surface area contributed by atoms with Crippen molar-refractivity contribution in [3.8, 4) is 0 Å². The molecule has 0 aliphatic carbocycles. The first-order valence-corrected chi connectivity index (χ1v) is 8.63. The predicted molar refractivity (Wildman–Crippen MR) is 83.2 cm³/mol. The predicted octanol–water partition coefficient (Wildman–Crippen LogP) is 1.85. The number of hydrogen-bond donors (Lipinski definition) is 1. The quantitative estimate of drug-likeness (QED) is 0.864. The van der Waals surface area contributed by atoms with E-state index in [9.17, 15) is 8.42 Å². The van der Waals surface area contributed by atoms with Gasteiger partial charge in [0, 0.05) is 25.8 Å². The molecule has 118 valence electrons. The maximum absolute atomic E-state index is 12.7. The van der Waals surface area contributed by atoms with Crippen LogP contribution in [0.2, 0.25) is 0 Å². The lowest BCUT2D eigenvalue weighted by Gasteiger charge is -2.31. The molecule has 2 heterocycles. The second-order valence-electron chi connectivity index (χ2n) is 6.33. The van der Waals surface area contributed by atoms with Crippen molar-refractivity contribution in [2.24, 2.45) is 5.41 Å². The summed E-state index contributed by atoms with van der Waals surface area (Å²) in [7, 11) is -3.57. The molecule has 0 unspecified atom stereocenters. The standard InChI is InChI=1S/C14H24N4O2S/c1-5-17-10-12(13(15)16-17)21(19,20)18-8-6-11(7-9-18)14(2,3)4/h6,10H,5,7-9H2,1-4H3,(H2,15,16). The fourth-order valence-electron chi connectivity index (χ4n) is 2.47.